The highest BCUT2D eigenvalue weighted by atomic mass is 19.1. The third-order valence-corrected chi connectivity index (χ3v) is 9.58. The standard InChI is InChI=1S/C32H31F2N7O/c1-2-19-5-3-6-20-12-35-13-24(26(19)20)28-27(34)29-25(14-36-28)30(40-16-22-7-8-23(17-40)37-22)39-31(38-29)42-18-32-9-4-10-41(32)15-21(33)11-32/h1,3,5-6,12-14,21-23,37H,4,7-11,15-18H2/t21-,22-,23+,32+/m0/s1. The quantitative estimate of drug-likeness (QED) is 0.359. The molecular formula is C32H31F2N7O. The zero-order chi connectivity index (χ0) is 28.4. The second-order valence-electron chi connectivity index (χ2n) is 12.2. The van der Waals surface area contributed by atoms with Gasteiger partial charge in [0.2, 0.25) is 0 Å². The lowest BCUT2D eigenvalue weighted by Crippen LogP contribution is -2.51. The van der Waals surface area contributed by atoms with Gasteiger partial charge in [-0.15, -0.1) is 6.42 Å². The topological polar surface area (TPSA) is 79.3 Å². The molecule has 0 unspecified atom stereocenters. The van der Waals surface area contributed by atoms with Crippen molar-refractivity contribution in [2.45, 2.75) is 55.9 Å². The zero-order valence-corrected chi connectivity index (χ0v) is 23.2. The van der Waals surface area contributed by atoms with Crippen LogP contribution in [0.15, 0.2) is 36.8 Å². The number of alkyl halides is 1. The van der Waals surface area contributed by atoms with Crippen molar-refractivity contribution in [1.82, 2.24) is 30.2 Å². The molecule has 0 spiro atoms. The number of terminal acetylenes is 1. The molecule has 0 amide bonds. The first kappa shape index (κ1) is 25.7. The zero-order valence-electron chi connectivity index (χ0n) is 23.2. The number of anilines is 1. The molecule has 1 aromatic carbocycles. The monoisotopic (exact) mass is 567 g/mol. The van der Waals surface area contributed by atoms with E-state index in [1.54, 1.807) is 18.6 Å². The van der Waals surface area contributed by atoms with Crippen LogP contribution in [0.1, 0.15) is 37.7 Å². The molecule has 0 saturated carbocycles. The van der Waals surface area contributed by atoms with Crippen LogP contribution in [0.5, 0.6) is 6.01 Å². The number of hydrogen-bond donors (Lipinski definition) is 1. The first-order chi connectivity index (χ1) is 20.5. The number of nitrogens with zero attached hydrogens (tertiary/aromatic N) is 6. The summed E-state index contributed by atoms with van der Waals surface area (Å²) >= 11 is 0. The summed E-state index contributed by atoms with van der Waals surface area (Å²) in [6.07, 6.45) is 14.4. The Morgan fingerprint density at radius 3 is 2.81 bits per heavy atom. The fraction of sp³-hybridized carbons (Fsp3) is 0.438. The van der Waals surface area contributed by atoms with Gasteiger partial charge in [0.05, 0.1) is 10.9 Å². The number of benzene rings is 1. The van der Waals surface area contributed by atoms with Crippen molar-refractivity contribution in [2.75, 3.05) is 37.7 Å². The number of pyridine rings is 2. The van der Waals surface area contributed by atoms with Gasteiger partial charge in [-0.25, -0.2) is 8.78 Å². The van der Waals surface area contributed by atoms with Crippen LogP contribution >= 0.6 is 0 Å². The Kier molecular flexibility index (Phi) is 6.02. The Morgan fingerprint density at radius 1 is 1.12 bits per heavy atom. The summed E-state index contributed by atoms with van der Waals surface area (Å²) in [5.74, 6) is 2.74. The largest absolute Gasteiger partial charge is 0.461 e. The predicted octanol–water partition coefficient (Wildman–Crippen LogP) is 4.26. The molecule has 4 saturated heterocycles. The van der Waals surface area contributed by atoms with E-state index in [2.05, 4.69) is 36.0 Å². The highest BCUT2D eigenvalue weighted by Crippen LogP contribution is 2.41. The molecule has 4 atom stereocenters. The van der Waals surface area contributed by atoms with Crippen molar-refractivity contribution >= 4 is 27.5 Å². The lowest BCUT2D eigenvalue weighted by atomic mass is 9.95. The minimum absolute atomic E-state index is 0.100. The maximum Gasteiger partial charge on any atom is 0.319 e. The molecule has 214 valence electrons. The molecule has 3 aromatic heterocycles. The molecule has 4 aromatic rings. The van der Waals surface area contributed by atoms with E-state index in [0.717, 1.165) is 50.7 Å². The summed E-state index contributed by atoms with van der Waals surface area (Å²) in [5, 5.41) is 5.69. The van der Waals surface area contributed by atoms with Crippen LogP contribution in [0.25, 0.3) is 32.9 Å². The number of nitrogens with one attached hydrogen (secondary N) is 1. The third kappa shape index (κ3) is 4.09. The van der Waals surface area contributed by atoms with Crippen LogP contribution in [0.2, 0.25) is 0 Å². The molecule has 4 fully saturated rings. The fourth-order valence-electron chi connectivity index (χ4n) is 7.67. The molecule has 0 aliphatic carbocycles. The van der Waals surface area contributed by atoms with Gasteiger partial charge in [-0.1, -0.05) is 18.1 Å². The smallest absolute Gasteiger partial charge is 0.319 e. The maximum absolute atomic E-state index is 16.6. The van der Waals surface area contributed by atoms with Crippen molar-refractivity contribution in [3.05, 3.63) is 48.2 Å². The van der Waals surface area contributed by atoms with Gasteiger partial charge in [-0.3, -0.25) is 14.9 Å². The number of halogens is 2. The summed E-state index contributed by atoms with van der Waals surface area (Å²) in [7, 11) is 0. The number of fused-ring (bicyclic) bond motifs is 5. The van der Waals surface area contributed by atoms with E-state index in [-0.39, 0.29) is 29.4 Å². The first-order valence-corrected chi connectivity index (χ1v) is 14.7. The summed E-state index contributed by atoms with van der Waals surface area (Å²) in [4.78, 5) is 22.8. The Morgan fingerprint density at radius 2 is 1.98 bits per heavy atom. The Labute approximate surface area is 242 Å². The third-order valence-electron chi connectivity index (χ3n) is 9.58. The highest BCUT2D eigenvalue weighted by molar-refractivity contribution is 6.01. The predicted molar refractivity (Wildman–Crippen MR) is 157 cm³/mol. The first-order valence-electron chi connectivity index (χ1n) is 14.7. The van der Waals surface area contributed by atoms with E-state index < -0.39 is 12.0 Å². The van der Waals surface area contributed by atoms with Gasteiger partial charge in [0, 0.05) is 78.6 Å². The second-order valence-corrected chi connectivity index (χ2v) is 12.2. The highest BCUT2D eigenvalue weighted by Gasteiger charge is 2.49. The minimum atomic E-state index is -0.869. The van der Waals surface area contributed by atoms with E-state index in [9.17, 15) is 4.39 Å². The Bertz CT molecular complexity index is 1740. The molecule has 4 aliphatic rings. The van der Waals surface area contributed by atoms with Gasteiger partial charge in [0.25, 0.3) is 0 Å². The van der Waals surface area contributed by atoms with E-state index >= 15 is 4.39 Å². The molecule has 42 heavy (non-hydrogen) atoms. The summed E-state index contributed by atoms with van der Waals surface area (Å²) in [6, 6.07) is 6.38. The SMILES string of the molecule is C#Cc1cccc2cncc(-c3ncc4c(N5C[C@H]6CC[C@@H](C5)N6)nc(OC[C@]56CCCN5C[C@@H](F)C6)nc4c3F)c12. The molecule has 8 rings (SSSR count). The average Bonchev–Trinajstić information content (AvgIpc) is 3.65. The Balaban J connectivity index is 1.25. The van der Waals surface area contributed by atoms with Crippen molar-refractivity contribution in [3.8, 4) is 29.6 Å². The van der Waals surface area contributed by atoms with Crippen molar-refractivity contribution in [1.29, 1.82) is 0 Å². The summed E-state index contributed by atoms with van der Waals surface area (Å²) < 4.78 is 37.3. The molecule has 8 nitrogen and oxygen atoms in total. The van der Waals surface area contributed by atoms with Crippen LogP contribution in [-0.2, 0) is 0 Å². The number of ether oxygens (including phenoxy) is 1. The Hall–Kier alpha value is -3.94. The lowest BCUT2D eigenvalue weighted by molar-refractivity contribution is 0.107. The fourth-order valence-corrected chi connectivity index (χ4v) is 7.67. The van der Waals surface area contributed by atoms with Crippen LogP contribution in [0.3, 0.4) is 0 Å². The minimum Gasteiger partial charge on any atom is -0.461 e. The lowest BCUT2D eigenvalue weighted by Gasteiger charge is -2.34. The maximum atomic E-state index is 16.6. The number of rotatable bonds is 5. The van der Waals surface area contributed by atoms with E-state index in [0.29, 0.717) is 52.8 Å². The van der Waals surface area contributed by atoms with Crippen LogP contribution in [-0.4, -0.2) is 81.4 Å². The molecular weight excluding hydrogens is 536 g/mol. The number of hydrogen-bond acceptors (Lipinski definition) is 8. The van der Waals surface area contributed by atoms with E-state index in [1.165, 1.54) is 0 Å². The van der Waals surface area contributed by atoms with Gasteiger partial charge in [0.15, 0.2) is 5.82 Å². The van der Waals surface area contributed by atoms with E-state index in [4.69, 9.17) is 16.1 Å². The molecule has 1 N–H and O–H groups in total. The summed E-state index contributed by atoms with van der Waals surface area (Å²) in [6.45, 7) is 3.07. The molecule has 7 heterocycles. The van der Waals surface area contributed by atoms with E-state index in [1.807, 2.05) is 18.2 Å². The van der Waals surface area contributed by atoms with Gasteiger partial charge in [0.1, 0.15) is 29.8 Å². The average molecular weight is 568 g/mol. The molecule has 0 radical (unpaired) electrons. The number of piperazine rings is 1. The summed E-state index contributed by atoms with van der Waals surface area (Å²) in [5.41, 5.74) is 1.03. The number of aromatic nitrogens is 4. The molecule has 4 aliphatic heterocycles. The normalized spacial score (nSPS) is 27.1. The molecule has 10 heteroatoms. The van der Waals surface area contributed by atoms with Crippen molar-refractivity contribution in [3.63, 3.8) is 0 Å². The van der Waals surface area contributed by atoms with Crippen molar-refractivity contribution in [2.24, 2.45) is 0 Å². The van der Waals surface area contributed by atoms with Crippen LogP contribution in [0, 0.1) is 18.2 Å². The van der Waals surface area contributed by atoms with Gasteiger partial charge < -0.3 is 15.0 Å². The van der Waals surface area contributed by atoms with Crippen LogP contribution in [0.4, 0.5) is 14.6 Å². The van der Waals surface area contributed by atoms with Gasteiger partial charge >= 0.3 is 6.01 Å². The second kappa shape index (κ2) is 9.82. The van der Waals surface area contributed by atoms with Gasteiger partial charge in [-0.2, -0.15) is 9.97 Å². The van der Waals surface area contributed by atoms with Crippen molar-refractivity contribution < 1.29 is 13.5 Å². The van der Waals surface area contributed by atoms with Crippen LogP contribution < -0.4 is 15.0 Å². The van der Waals surface area contributed by atoms with Gasteiger partial charge in [-0.05, 0) is 38.3 Å². The molecule has 2 bridgehead atoms.